The van der Waals surface area contributed by atoms with Crippen molar-refractivity contribution in [3.05, 3.63) is 0 Å². The van der Waals surface area contributed by atoms with Gasteiger partial charge in [-0.2, -0.15) is 11.8 Å². The van der Waals surface area contributed by atoms with Crippen molar-refractivity contribution < 1.29 is 9.90 Å². The topological polar surface area (TPSA) is 63.3 Å². The Kier molecular flexibility index (Phi) is 7.09. The Labute approximate surface area is 84.1 Å². The molecule has 3 N–H and O–H groups in total. The highest BCUT2D eigenvalue weighted by atomic mass is 32.2. The molecule has 0 unspecified atom stereocenters. The summed E-state index contributed by atoms with van der Waals surface area (Å²) < 4.78 is 0. The van der Waals surface area contributed by atoms with Crippen molar-refractivity contribution >= 4 is 17.7 Å². The fourth-order valence-corrected chi connectivity index (χ4v) is 2.31. The molecule has 13 heavy (non-hydrogen) atoms. The van der Waals surface area contributed by atoms with Gasteiger partial charge in [0.25, 0.3) is 0 Å². The zero-order valence-corrected chi connectivity index (χ0v) is 9.14. The minimum absolute atomic E-state index is 0.131. The van der Waals surface area contributed by atoms with E-state index in [9.17, 15) is 4.79 Å². The zero-order valence-electron chi connectivity index (χ0n) is 8.32. The second kappa shape index (κ2) is 7.21. The number of hydrogen-bond donors (Lipinski definition) is 2. The van der Waals surface area contributed by atoms with Crippen LogP contribution in [-0.2, 0) is 4.79 Å². The highest BCUT2D eigenvalue weighted by molar-refractivity contribution is 7.99. The van der Waals surface area contributed by atoms with E-state index < -0.39 is 5.97 Å². The molecule has 0 aliphatic heterocycles. The number of carboxylic acid groups (broad SMARTS) is 1. The predicted octanol–water partition coefficient (Wildman–Crippen LogP) is 1.57. The van der Waals surface area contributed by atoms with Crippen molar-refractivity contribution in [3.8, 4) is 0 Å². The normalized spacial score (nSPS) is 15.3. The van der Waals surface area contributed by atoms with Gasteiger partial charge in [0.15, 0.2) is 0 Å². The van der Waals surface area contributed by atoms with E-state index in [1.807, 2.05) is 11.8 Å². The van der Waals surface area contributed by atoms with E-state index in [0.29, 0.717) is 11.8 Å². The van der Waals surface area contributed by atoms with Crippen LogP contribution < -0.4 is 5.73 Å². The molecule has 0 radical (unpaired) electrons. The van der Waals surface area contributed by atoms with Gasteiger partial charge in [0.2, 0.25) is 0 Å². The van der Waals surface area contributed by atoms with Crippen molar-refractivity contribution in [2.24, 2.45) is 11.7 Å². The first kappa shape index (κ1) is 12.8. The number of nitrogens with two attached hydrogens (primary N) is 1. The fraction of sp³-hybridized carbons (Fsp3) is 0.889. The summed E-state index contributed by atoms with van der Waals surface area (Å²) in [4.78, 5) is 10.4. The predicted molar refractivity (Wildman–Crippen MR) is 57.0 cm³/mol. The van der Waals surface area contributed by atoms with Crippen LogP contribution in [0.5, 0.6) is 0 Å². The van der Waals surface area contributed by atoms with Crippen LogP contribution in [0.3, 0.4) is 0 Å². The van der Waals surface area contributed by atoms with E-state index in [1.165, 1.54) is 0 Å². The quantitative estimate of drug-likeness (QED) is 0.662. The van der Waals surface area contributed by atoms with Crippen LogP contribution in [0.1, 0.15) is 26.7 Å². The van der Waals surface area contributed by atoms with Gasteiger partial charge in [-0.15, -0.1) is 0 Å². The Morgan fingerprint density at radius 2 is 2.23 bits per heavy atom. The lowest BCUT2D eigenvalue weighted by Gasteiger charge is -2.16. The molecular formula is C9H19NO2S. The van der Waals surface area contributed by atoms with Gasteiger partial charge in [-0.25, -0.2) is 0 Å². The van der Waals surface area contributed by atoms with Crippen LogP contribution >= 0.6 is 11.8 Å². The molecule has 0 rings (SSSR count). The number of carbonyl (C=O) groups is 1. The minimum atomic E-state index is -0.746. The lowest BCUT2D eigenvalue weighted by atomic mass is 10.0. The van der Waals surface area contributed by atoms with Gasteiger partial charge in [-0.1, -0.05) is 13.8 Å². The highest BCUT2D eigenvalue weighted by Crippen LogP contribution is 2.20. The number of rotatable bonds is 7. The molecule has 0 bridgehead atoms. The van der Waals surface area contributed by atoms with Gasteiger partial charge in [-0.05, 0) is 24.6 Å². The monoisotopic (exact) mass is 205 g/mol. The maximum atomic E-state index is 10.4. The maximum absolute atomic E-state index is 10.4. The number of hydrogen-bond acceptors (Lipinski definition) is 3. The molecule has 3 nitrogen and oxygen atoms in total. The summed E-state index contributed by atoms with van der Waals surface area (Å²) >= 11 is 1.85. The van der Waals surface area contributed by atoms with Crippen LogP contribution in [0.15, 0.2) is 0 Å². The Bertz CT molecular complexity index is 153. The van der Waals surface area contributed by atoms with E-state index in [-0.39, 0.29) is 12.3 Å². The molecule has 0 aromatic rings. The van der Waals surface area contributed by atoms with Crippen LogP contribution in [0.25, 0.3) is 0 Å². The van der Waals surface area contributed by atoms with E-state index in [2.05, 4.69) is 13.8 Å². The van der Waals surface area contributed by atoms with Crippen LogP contribution in [0.4, 0.5) is 0 Å². The van der Waals surface area contributed by atoms with Gasteiger partial charge >= 0.3 is 5.97 Å². The summed E-state index contributed by atoms with van der Waals surface area (Å²) in [5.74, 6) is 0.460. The van der Waals surface area contributed by atoms with Gasteiger partial charge < -0.3 is 10.8 Å². The standard InChI is InChI=1S/C9H19NO2S/c1-3-13-7(2)4-8(6-10)5-9(11)12/h7-8H,3-6,10H2,1-2H3,(H,11,12)/t7-,8+/m1/s1. The van der Waals surface area contributed by atoms with E-state index in [4.69, 9.17) is 10.8 Å². The first-order valence-corrected chi connectivity index (χ1v) is 5.68. The Morgan fingerprint density at radius 3 is 2.62 bits per heavy atom. The molecule has 0 saturated heterocycles. The molecule has 0 amide bonds. The van der Waals surface area contributed by atoms with E-state index in [1.54, 1.807) is 0 Å². The van der Waals surface area contributed by atoms with Crippen molar-refractivity contribution in [1.29, 1.82) is 0 Å². The molecular weight excluding hydrogens is 186 g/mol. The van der Waals surface area contributed by atoms with Gasteiger partial charge in [0.05, 0.1) is 0 Å². The molecule has 78 valence electrons. The average molecular weight is 205 g/mol. The smallest absolute Gasteiger partial charge is 0.303 e. The van der Waals surface area contributed by atoms with Crippen molar-refractivity contribution in [1.82, 2.24) is 0 Å². The number of aliphatic carboxylic acids is 1. The second-order valence-electron chi connectivity index (χ2n) is 3.20. The average Bonchev–Trinajstić information content (AvgIpc) is 2.02. The van der Waals surface area contributed by atoms with Gasteiger partial charge in [0.1, 0.15) is 0 Å². The highest BCUT2D eigenvalue weighted by Gasteiger charge is 2.14. The van der Waals surface area contributed by atoms with Crippen LogP contribution in [-0.4, -0.2) is 28.6 Å². The third kappa shape index (κ3) is 6.90. The van der Waals surface area contributed by atoms with E-state index >= 15 is 0 Å². The lowest BCUT2D eigenvalue weighted by molar-refractivity contribution is -0.138. The van der Waals surface area contributed by atoms with Crippen molar-refractivity contribution in [3.63, 3.8) is 0 Å². The molecule has 4 heteroatoms. The maximum Gasteiger partial charge on any atom is 0.303 e. The van der Waals surface area contributed by atoms with Gasteiger partial charge in [0, 0.05) is 11.7 Å². The van der Waals surface area contributed by atoms with Crippen molar-refractivity contribution in [2.75, 3.05) is 12.3 Å². The van der Waals surface area contributed by atoms with Crippen molar-refractivity contribution in [2.45, 2.75) is 31.9 Å². The molecule has 0 spiro atoms. The Hall–Kier alpha value is -0.220. The SMILES string of the molecule is CCS[C@H](C)C[C@H](CN)CC(=O)O. The molecule has 2 atom stereocenters. The summed E-state index contributed by atoms with van der Waals surface area (Å²) in [6.07, 6.45) is 1.10. The molecule has 0 heterocycles. The number of thioether (sulfide) groups is 1. The largest absolute Gasteiger partial charge is 0.481 e. The van der Waals surface area contributed by atoms with Crippen LogP contribution in [0.2, 0.25) is 0 Å². The first-order chi connectivity index (χ1) is 6.10. The molecule has 0 aromatic heterocycles. The Morgan fingerprint density at radius 1 is 1.62 bits per heavy atom. The zero-order chi connectivity index (χ0) is 10.3. The third-order valence-electron chi connectivity index (χ3n) is 1.91. The molecule has 0 aliphatic rings. The lowest BCUT2D eigenvalue weighted by Crippen LogP contribution is -2.21. The van der Waals surface area contributed by atoms with Crippen LogP contribution in [0, 0.1) is 5.92 Å². The summed E-state index contributed by atoms with van der Waals surface area (Å²) in [6.45, 7) is 4.70. The first-order valence-electron chi connectivity index (χ1n) is 4.63. The fourth-order valence-electron chi connectivity index (χ4n) is 1.33. The summed E-state index contributed by atoms with van der Waals surface area (Å²) in [5.41, 5.74) is 5.49. The Balaban J connectivity index is 3.75. The summed E-state index contributed by atoms with van der Waals surface area (Å²) in [5, 5.41) is 9.11. The second-order valence-corrected chi connectivity index (χ2v) is 4.92. The van der Waals surface area contributed by atoms with E-state index in [0.717, 1.165) is 12.2 Å². The molecule has 0 fully saturated rings. The molecule has 0 saturated carbocycles. The third-order valence-corrected chi connectivity index (χ3v) is 3.01. The van der Waals surface area contributed by atoms with Gasteiger partial charge in [-0.3, -0.25) is 4.79 Å². The molecule has 0 aromatic carbocycles. The number of carboxylic acids is 1. The minimum Gasteiger partial charge on any atom is -0.481 e. The molecule has 0 aliphatic carbocycles. The summed E-state index contributed by atoms with van der Waals surface area (Å²) in [6, 6.07) is 0. The summed E-state index contributed by atoms with van der Waals surface area (Å²) in [7, 11) is 0.